The largest absolute Gasteiger partial charge is 0.484 e. The van der Waals surface area contributed by atoms with Crippen LogP contribution in [0.3, 0.4) is 0 Å². The summed E-state index contributed by atoms with van der Waals surface area (Å²) in [5.74, 6) is 0.371. The van der Waals surface area contributed by atoms with E-state index in [-0.39, 0.29) is 12.5 Å². The van der Waals surface area contributed by atoms with Crippen molar-refractivity contribution < 1.29 is 9.53 Å². The molecule has 4 nitrogen and oxygen atoms in total. The van der Waals surface area contributed by atoms with Crippen LogP contribution in [0.1, 0.15) is 24.8 Å². The molecule has 0 unspecified atom stereocenters. The highest BCUT2D eigenvalue weighted by molar-refractivity contribution is 7.80. The summed E-state index contributed by atoms with van der Waals surface area (Å²) in [6.45, 7) is 1.97. The van der Waals surface area contributed by atoms with E-state index in [1.165, 1.54) is 19.3 Å². The van der Waals surface area contributed by atoms with Crippen LogP contribution < -0.4 is 10.1 Å². The van der Waals surface area contributed by atoms with Gasteiger partial charge in [0.2, 0.25) is 0 Å². The maximum Gasteiger partial charge on any atom is 0.262 e. The van der Waals surface area contributed by atoms with Crippen LogP contribution in [0.2, 0.25) is 5.02 Å². The number of hydrogen-bond acceptors (Lipinski definition) is 3. The van der Waals surface area contributed by atoms with E-state index < -0.39 is 0 Å². The molecule has 2 aromatic carbocycles. The average molecular weight is 389 g/mol. The summed E-state index contributed by atoms with van der Waals surface area (Å²) in [5.41, 5.74) is 1.58. The number of para-hydroxylation sites is 1. The number of piperidine rings is 1. The van der Waals surface area contributed by atoms with Gasteiger partial charge in [-0.3, -0.25) is 4.79 Å². The zero-order valence-electron chi connectivity index (χ0n) is 14.4. The van der Waals surface area contributed by atoms with Gasteiger partial charge in [-0.15, -0.1) is 0 Å². The number of thiocarbonyl (C=S) groups is 1. The Balaban J connectivity index is 1.52. The monoisotopic (exact) mass is 388 g/mol. The molecule has 0 spiro atoms. The lowest BCUT2D eigenvalue weighted by Crippen LogP contribution is -2.34. The number of carbonyl (C=O) groups is 1. The van der Waals surface area contributed by atoms with Gasteiger partial charge >= 0.3 is 0 Å². The molecule has 1 saturated heterocycles. The molecular formula is C20H21ClN2O2S. The molecule has 3 rings (SSSR count). The van der Waals surface area contributed by atoms with E-state index in [1.807, 2.05) is 36.4 Å². The number of rotatable bonds is 5. The van der Waals surface area contributed by atoms with E-state index in [2.05, 4.69) is 10.2 Å². The lowest BCUT2D eigenvalue weighted by Gasteiger charge is -2.29. The molecule has 1 fully saturated rings. The normalized spacial score (nSPS) is 14.0. The van der Waals surface area contributed by atoms with Crippen LogP contribution >= 0.6 is 23.8 Å². The van der Waals surface area contributed by atoms with Gasteiger partial charge in [-0.05, 0) is 55.7 Å². The molecule has 0 saturated carbocycles. The summed E-state index contributed by atoms with van der Waals surface area (Å²) in [7, 11) is 0. The number of benzene rings is 2. The second-order valence-electron chi connectivity index (χ2n) is 6.19. The van der Waals surface area contributed by atoms with E-state index in [0.717, 1.165) is 23.6 Å². The highest BCUT2D eigenvalue weighted by Crippen LogP contribution is 2.21. The van der Waals surface area contributed by atoms with E-state index in [4.69, 9.17) is 28.6 Å². The van der Waals surface area contributed by atoms with Crippen molar-refractivity contribution in [2.24, 2.45) is 0 Å². The molecule has 0 atom stereocenters. The van der Waals surface area contributed by atoms with E-state index in [9.17, 15) is 4.79 Å². The third-order valence-electron chi connectivity index (χ3n) is 4.26. The molecule has 1 heterocycles. The summed E-state index contributed by atoms with van der Waals surface area (Å²) in [6, 6.07) is 14.7. The topological polar surface area (TPSA) is 41.6 Å². The van der Waals surface area contributed by atoms with Gasteiger partial charge in [0.25, 0.3) is 5.91 Å². The summed E-state index contributed by atoms with van der Waals surface area (Å²) < 4.78 is 5.55. The number of carbonyl (C=O) groups excluding carboxylic acids is 1. The SMILES string of the molecule is O=C(COc1ccc(C(=S)N2CCCCC2)cc1)Nc1ccccc1Cl. The minimum atomic E-state index is -0.258. The molecule has 0 aromatic heterocycles. The van der Waals surface area contributed by atoms with E-state index >= 15 is 0 Å². The fraction of sp³-hybridized carbons (Fsp3) is 0.300. The fourth-order valence-electron chi connectivity index (χ4n) is 2.87. The Hall–Kier alpha value is -2.11. The number of nitrogens with zero attached hydrogens (tertiary/aromatic N) is 1. The molecule has 2 aromatic rings. The van der Waals surface area contributed by atoms with Gasteiger partial charge in [0.15, 0.2) is 6.61 Å². The van der Waals surface area contributed by atoms with Gasteiger partial charge in [-0.1, -0.05) is 36.0 Å². The Morgan fingerprint density at radius 3 is 2.46 bits per heavy atom. The van der Waals surface area contributed by atoms with Crippen LogP contribution in [-0.2, 0) is 4.79 Å². The molecular weight excluding hydrogens is 368 g/mol. The van der Waals surface area contributed by atoms with Gasteiger partial charge in [-0.25, -0.2) is 0 Å². The Kier molecular flexibility index (Phi) is 6.47. The Morgan fingerprint density at radius 2 is 1.77 bits per heavy atom. The summed E-state index contributed by atoms with van der Waals surface area (Å²) in [6.07, 6.45) is 3.67. The van der Waals surface area contributed by atoms with Crippen molar-refractivity contribution >= 4 is 40.4 Å². The Bertz CT molecular complexity index is 774. The maximum absolute atomic E-state index is 12.0. The predicted molar refractivity (Wildman–Crippen MR) is 109 cm³/mol. The van der Waals surface area contributed by atoms with Crippen molar-refractivity contribution in [1.82, 2.24) is 4.90 Å². The first-order valence-corrected chi connectivity index (χ1v) is 9.48. The van der Waals surface area contributed by atoms with Crippen molar-refractivity contribution in [2.75, 3.05) is 25.0 Å². The molecule has 0 bridgehead atoms. The van der Waals surface area contributed by atoms with Crippen LogP contribution in [-0.4, -0.2) is 35.5 Å². The molecule has 26 heavy (non-hydrogen) atoms. The molecule has 1 amide bonds. The lowest BCUT2D eigenvalue weighted by atomic mass is 10.1. The molecule has 1 N–H and O–H groups in total. The van der Waals surface area contributed by atoms with Crippen LogP contribution in [0.15, 0.2) is 48.5 Å². The van der Waals surface area contributed by atoms with Crippen LogP contribution in [0, 0.1) is 0 Å². The zero-order valence-corrected chi connectivity index (χ0v) is 16.0. The van der Waals surface area contributed by atoms with Crippen molar-refractivity contribution in [1.29, 1.82) is 0 Å². The van der Waals surface area contributed by atoms with Crippen molar-refractivity contribution in [3.63, 3.8) is 0 Å². The van der Waals surface area contributed by atoms with Gasteiger partial charge in [0.05, 0.1) is 10.7 Å². The molecule has 1 aliphatic heterocycles. The molecule has 6 heteroatoms. The molecule has 0 aliphatic carbocycles. The highest BCUT2D eigenvalue weighted by atomic mass is 35.5. The summed E-state index contributed by atoms with van der Waals surface area (Å²) in [4.78, 5) is 15.1. The highest BCUT2D eigenvalue weighted by Gasteiger charge is 2.15. The number of anilines is 1. The first-order valence-electron chi connectivity index (χ1n) is 8.70. The van der Waals surface area contributed by atoms with Crippen LogP contribution in [0.25, 0.3) is 0 Å². The summed E-state index contributed by atoms with van der Waals surface area (Å²) >= 11 is 11.6. The third kappa shape index (κ3) is 4.96. The minimum absolute atomic E-state index is 0.0822. The molecule has 136 valence electrons. The van der Waals surface area contributed by atoms with Crippen LogP contribution in [0.5, 0.6) is 5.75 Å². The number of likely N-dealkylation sites (tertiary alicyclic amines) is 1. The van der Waals surface area contributed by atoms with Gasteiger partial charge in [0.1, 0.15) is 10.7 Å². The maximum atomic E-state index is 12.0. The smallest absolute Gasteiger partial charge is 0.262 e. The number of halogens is 1. The van der Waals surface area contributed by atoms with Crippen LogP contribution in [0.4, 0.5) is 5.69 Å². The minimum Gasteiger partial charge on any atom is -0.484 e. The molecule has 1 aliphatic rings. The van der Waals surface area contributed by atoms with E-state index in [1.54, 1.807) is 12.1 Å². The predicted octanol–water partition coefficient (Wildman–Crippen LogP) is 4.52. The number of nitrogens with one attached hydrogen (secondary N) is 1. The van der Waals surface area contributed by atoms with Crippen molar-refractivity contribution in [3.8, 4) is 5.75 Å². The number of amides is 1. The van der Waals surface area contributed by atoms with Gasteiger partial charge in [0, 0.05) is 18.7 Å². The second-order valence-corrected chi connectivity index (χ2v) is 6.99. The van der Waals surface area contributed by atoms with Gasteiger partial charge in [-0.2, -0.15) is 0 Å². The quantitative estimate of drug-likeness (QED) is 0.764. The first kappa shape index (κ1) is 18.7. The van der Waals surface area contributed by atoms with Crippen molar-refractivity contribution in [2.45, 2.75) is 19.3 Å². The molecule has 0 radical (unpaired) electrons. The second kappa shape index (κ2) is 9.01. The van der Waals surface area contributed by atoms with E-state index in [0.29, 0.717) is 16.5 Å². The average Bonchev–Trinajstić information content (AvgIpc) is 2.69. The number of ether oxygens (including phenoxy) is 1. The first-order chi connectivity index (χ1) is 12.6. The Morgan fingerprint density at radius 1 is 1.08 bits per heavy atom. The fourth-order valence-corrected chi connectivity index (χ4v) is 3.37. The zero-order chi connectivity index (χ0) is 18.4. The summed E-state index contributed by atoms with van der Waals surface area (Å²) in [5, 5.41) is 3.23. The number of hydrogen-bond donors (Lipinski definition) is 1. The Labute approximate surface area is 164 Å². The standard InChI is InChI=1S/C20H21ClN2O2S/c21-17-6-2-3-7-18(17)22-19(24)14-25-16-10-8-15(9-11-16)20(26)23-12-4-1-5-13-23/h2-3,6-11H,1,4-5,12-14H2,(H,22,24). The lowest BCUT2D eigenvalue weighted by molar-refractivity contribution is -0.118. The van der Waals surface area contributed by atoms with Crippen molar-refractivity contribution in [3.05, 3.63) is 59.1 Å². The van der Waals surface area contributed by atoms with Gasteiger partial charge < -0.3 is 15.0 Å². The third-order valence-corrected chi connectivity index (χ3v) is 5.09.